The average Bonchev–Trinajstić information content (AvgIpc) is 2.30. The van der Waals surface area contributed by atoms with Crippen molar-refractivity contribution in [3.8, 4) is 0 Å². The summed E-state index contributed by atoms with van der Waals surface area (Å²) in [6.45, 7) is 2.36. The van der Waals surface area contributed by atoms with Crippen LogP contribution >= 0.6 is 0 Å². The summed E-state index contributed by atoms with van der Waals surface area (Å²) in [7, 11) is 0. The van der Waals surface area contributed by atoms with Gasteiger partial charge in [-0.05, 0) is 18.6 Å². The predicted octanol–water partition coefficient (Wildman–Crippen LogP) is 1.15. The third kappa shape index (κ3) is 4.40. The summed E-state index contributed by atoms with van der Waals surface area (Å²) in [5.41, 5.74) is 0.897. The predicted molar refractivity (Wildman–Crippen MR) is 65.7 cm³/mol. The van der Waals surface area contributed by atoms with E-state index in [1.54, 1.807) is 17.2 Å². The van der Waals surface area contributed by atoms with Gasteiger partial charge in [0.25, 0.3) is 0 Å². The van der Waals surface area contributed by atoms with Crippen molar-refractivity contribution >= 4 is 17.8 Å². The average molecular weight is 252 g/mol. The molecule has 0 aromatic carbocycles. The summed E-state index contributed by atoms with van der Waals surface area (Å²) in [4.78, 5) is 27.1. The first-order chi connectivity index (χ1) is 8.50. The van der Waals surface area contributed by atoms with E-state index in [9.17, 15) is 9.59 Å². The van der Waals surface area contributed by atoms with Gasteiger partial charge in [-0.3, -0.25) is 9.59 Å². The molecule has 0 fully saturated rings. The number of carboxylic acid groups (broad SMARTS) is 2. The van der Waals surface area contributed by atoms with Crippen LogP contribution < -0.4 is 4.90 Å². The maximum absolute atomic E-state index is 10.6. The smallest absolute Gasteiger partial charge is 0.305 e. The molecule has 6 nitrogen and oxygen atoms in total. The Morgan fingerprint density at radius 2 is 1.78 bits per heavy atom. The SMILES string of the molecule is Cc1cccnc1N(CCC(=O)O)CCC(=O)O. The van der Waals surface area contributed by atoms with Gasteiger partial charge in [0.2, 0.25) is 0 Å². The van der Waals surface area contributed by atoms with E-state index in [-0.39, 0.29) is 25.9 Å². The highest BCUT2D eigenvalue weighted by atomic mass is 16.4. The highest BCUT2D eigenvalue weighted by molar-refractivity contribution is 5.69. The van der Waals surface area contributed by atoms with Crippen molar-refractivity contribution in [3.63, 3.8) is 0 Å². The van der Waals surface area contributed by atoms with Crippen LogP contribution in [0.3, 0.4) is 0 Å². The van der Waals surface area contributed by atoms with Gasteiger partial charge < -0.3 is 15.1 Å². The molecule has 0 atom stereocenters. The Bertz CT molecular complexity index is 416. The second-order valence-electron chi connectivity index (χ2n) is 3.92. The highest BCUT2D eigenvalue weighted by Crippen LogP contribution is 2.16. The molecule has 0 radical (unpaired) electrons. The van der Waals surface area contributed by atoms with E-state index < -0.39 is 11.9 Å². The van der Waals surface area contributed by atoms with Crippen molar-refractivity contribution in [2.75, 3.05) is 18.0 Å². The number of nitrogens with zero attached hydrogens (tertiary/aromatic N) is 2. The van der Waals surface area contributed by atoms with Crippen molar-refractivity contribution in [2.24, 2.45) is 0 Å². The molecule has 0 aliphatic carbocycles. The fourth-order valence-electron chi connectivity index (χ4n) is 1.59. The lowest BCUT2D eigenvalue weighted by atomic mass is 10.2. The molecule has 0 aliphatic rings. The maximum atomic E-state index is 10.6. The van der Waals surface area contributed by atoms with E-state index in [0.29, 0.717) is 5.82 Å². The molecule has 18 heavy (non-hydrogen) atoms. The Hall–Kier alpha value is -2.11. The summed E-state index contributed by atoms with van der Waals surface area (Å²) >= 11 is 0. The highest BCUT2D eigenvalue weighted by Gasteiger charge is 2.13. The first-order valence-corrected chi connectivity index (χ1v) is 5.61. The van der Waals surface area contributed by atoms with Gasteiger partial charge in [-0.2, -0.15) is 0 Å². The molecule has 1 aromatic heterocycles. The molecular formula is C12H16N2O4. The van der Waals surface area contributed by atoms with Gasteiger partial charge >= 0.3 is 11.9 Å². The molecule has 0 unspecified atom stereocenters. The van der Waals surface area contributed by atoms with Crippen LogP contribution in [0.1, 0.15) is 18.4 Å². The van der Waals surface area contributed by atoms with E-state index in [1.165, 1.54) is 0 Å². The molecule has 2 N–H and O–H groups in total. The first kappa shape index (κ1) is 14.0. The molecular weight excluding hydrogens is 236 g/mol. The number of carbonyl (C=O) groups is 2. The van der Waals surface area contributed by atoms with Crippen LogP contribution in [0.2, 0.25) is 0 Å². The third-order valence-electron chi connectivity index (χ3n) is 2.47. The lowest BCUT2D eigenvalue weighted by Gasteiger charge is -2.23. The summed E-state index contributed by atoms with van der Waals surface area (Å²) < 4.78 is 0. The second-order valence-corrected chi connectivity index (χ2v) is 3.92. The van der Waals surface area contributed by atoms with Gasteiger partial charge in [0.05, 0.1) is 12.8 Å². The van der Waals surface area contributed by atoms with Crippen LogP contribution in [0.5, 0.6) is 0 Å². The largest absolute Gasteiger partial charge is 0.481 e. The van der Waals surface area contributed by atoms with Gasteiger partial charge in [0, 0.05) is 19.3 Å². The van der Waals surface area contributed by atoms with E-state index in [0.717, 1.165) is 5.56 Å². The van der Waals surface area contributed by atoms with Gasteiger partial charge in [0.1, 0.15) is 5.82 Å². The standard InChI is InChI=1S/C12H16N2O4/c1-9-3-2-6-13-12(9)14(7-4-10(15)16)8-5-11(17)18/h2-3,6H,4-5,7-8H2,1H3,(H,15,16)(H,17,18). The molecule has 1 heterocycles. The molecule has 0 saturated carbocycles. The zero-order valence-electron chi connectivity index (χ0n) is 10.2. The zero-order chi connectivity index (χ0) is 13.5. The lowest BCUT2D eigenvalue weighted by molar-refractivity contribution is -0.137. The number of hydrogen-bond donors (Lipinski definition) is 2. The minimum atomic E-state index is -0.913. The lowest BCUT2D eigenvalue weighted by Crippen LogP contribution is -2.30. The first-order valence-electron chi connectivity index (χ1n) is 5.61. The van der Waals surface area contributed by atoms with Crippen LogP contribution in [0.15, 0.2) is 18.3 Å². The second kappa shape index (κ2) is 6.58. The molecule has 6 heteroatoms. The van der Waals surface area contributed by atoms with Crippen LogP contribution in [-0.2, 0) is 9.59 Å². The number of carboxylic acids is 2. The third-order valence-corrected chi connectivity index (χ3v) is 2.47. The Morgan fingerprint density at radius 3 is 2.22 bits per heavy atom. The minimum Gasteiger partial charge on any atom is -0.481 e. The fourth-order valence-corrected chi connectivity index (χ4v) is 1.59. The number of pyridine rings is 1. The van der Waals surface area contributed by atoms with E-state index in [4.69, 9.17) is 10.2 Å². The summed E-state index contributed by atoms with van der Waals surface area (Å²) in [6.07, 6.45) is 1.52. The summed E-state index contributed by atoms with van der Waals surface area (Å²) in [5, 5.41) is 17.4. The van der Waals surface area contributed by atoms with Gasteiger partial charge in [-0.1, -0.05) is 6.07 Å². The van der Waals surface area contributed by atoms with Gasteiger partial charge in [-0.25, -0.2) is 4.98 Å². The molecule has 1 aromatic rings. The Morgan fingerprint density at radius 1 is 1.22 bits per heavy atom. The minimum absolute atomic E-state index is 0.0460. The number of aromatic nitrogens is 1. The van der Waals surface area contributed by atoms with Crippen LogP contribution in [-0.4, -0.2) is 40.2 Å². The van der Waals surface area contributed by atoms with Crippen LogP contribution in [0.4, 0.5) is 5.82 Å². The summed E-state index contributed by atoms with van der Waals surface area (Å²) in [5.74, 6) is -1.19. The molecule has 0 bridgehead atoms. The molecule has 0 saturated heterocycles. The van der Waals surface area contributed by atoms with Crippen molar-refractivity contribution in [2.45, 2.75) is 19.8 Å². The molecule has 0 aliphatic heterocycles. The number of anilines is 1. The van der Waals surface area contributed by atoms with Gasteiger partial charge in [0.15, 0.2) is 0 Å². The Kier molecular flexibility index (Phi) is 5.10. The van der Waals surface area contributed by atoms with E-state index >= 15 is 0 Å². The van der Waals surface area contributed by atoms with Crippen molar-refractivity contribution in [1.82, 2.24) is 4.98 Å². The Balaban J connectivity index is 2.79. The number of hydrogen-bond acceptors (Lipinski definition) is 4. The number of aliphatic carboxylic acids is 2. The maximum Gasteiger partial charge on any atom is 0.305 e. The number of rotatable bonds is 7. The molecule has 0 amide bonds. The van der Waals surface area contributed by atoms with Crippen molar-refractivity contribution in [1.29, 1.82) is 0 Å². The summed E-state index contributed by atoms with van der Waals surface area (Å²) in [6, 6.07) is 3.64. The normalized spacial score (nSPS) is 10.1. The van der Waals surface area contributed by atoms with Crippen molar-refractivity contribution in [3.05, 3.63) is 23.9 Å². The zero-order valence-corrected chi connectivity index (χ0v) is 10.2. The monoisotopic (exact) mass is 252 g/mol. The fraction of sp³-hybridized carbons (Fsp3) is 0.417. The topological polar surface area (TPSA) is 90.7 Å². The quantitative estimate of drug-likeness (QED) is 0.756. The molecule has 0 spiro atoms. The van der Waals surface area contributed by atoms with Gasteiger partial charge in [-0.15, -0.1) is 0 Å². The van der Waals surface area contributed by atoms with E-state index in [2.05, 4.69) is 4.98 Å². The van der Waals surface area contributed by atoms with Crippen LogP contribution in [0.25, 0.3) is 0 Å². The van der Waals surface area contributed by atoms with Crippen molar-refractivity contribution < 1.29 is 19.8 Å². The van der Waals surface area contributed by atoms with Crippen LogP contribution in [0, 0.1) is 6.92 Å². The Labute approximate surface area is 105 Å². The molecule has 98 valence electrons. The van der Waals surface area contributed by atoms with E-state index in [1.807, 2.05) is 13.0 Å². The molecule has 1 rings (SSSR count). The number of aryl methyl sites for hydroxylation is 1.